The van der Waals surface area contributed by atoms with Crippen molar-refractivity contribution in [2.45, 2.75) is 19.3 Å². The highest BCUT2D eigenvalue weighted by Gasteiger charge is 2.12. The molecule has 0 amide bonds. The van der Waals surface area contributed by atoms with Gasteiger partial charge in [0, 0.05) is 24.8 Å². The molecule has 0 atom stereocenters. The van der Waals surface area contributed by atoms with Crippen LogP contribution in [-0.2, 0) is 0 Å². The molecule has 1 aliphatic rings. The molecule has 4 heterocycles. The van der Waals surface area contributed by atoms with Crippen LogP contribution in [0.1, 0.15) is 19.3 Å². The van der Waals surface area contributed by atoms with E-state index in [0.717, 1.165) is 35.7 Å². The predicted octanol–water partition coefficient (Wildman–Crippen LogP) is 2.41. The number of aromatic nitrogens is 5. The van der Waals surface area contributed by atoms with Gasteiger partial charge in [-0.05, 0) is 43.5 Å². The Hall–Kier alpha value is -2.50. The van der Waals surface area contributed by atoms with Crippen LogP contribution < -0.4 is 4.90 Å². The fourth-order valence-corrected chi connectivity index (χ4v) is 2.75. The van der Waals surface area contributed by atoms with E-state index in [9.17, 15) is 0 Å². The predicted molar refractivity (Wildman–Crippen MR) is 81.0 cm³/mol. The third kappa shape index (κ3) is 2.33. The van der Waals surface area contributed by atoms with Crippen LogP contribution in [-0.4, -0.2) is 38.5 Å². The number of pyridine rings is 2. The van der Waals surface area contributed by atoms with Crippen LogP contribution in [0.4, 0.5) is 5.82 Å². The zero-order valence-corrected chi connectivity index (χ0v) is 11.7. The number of nitrogens with one attached hydrogen (secondary N) is 1. The highest BCUT2D eigenvalue weighted by molar-refractivity contribution is 5.74. The number of H-pyrrole nitrogens is 1. The number of hydrogen-bond donors (Lipinski definition) is 1. The van der Waals surface area contributed by atoms with E-state index in [1.165, 1.54) is 19.3 Å². The molecule has 1 N–H and O–H groups in total. The summed E-state index contributed by atoms with van der Waals surface area (Å²) >= 11 is 0. The number of nitrogens with zero attached hydrogens (tertiary/aromatic N) is 5. The number of fused-ring (bicyclic) bond motifs is 1. The van der Waals surface area contributed by atoms with Crippen molar-refractivity contribution in [2.75, 3.05) is 18.0 Å². The lowest BCUT2D eigenvalue weighted by Gasteiger charge is -2.27. The molecule has 1 saturated heterocycles. The maximum Gasteiger partial charge on any atom is 0.202 e. The van der Waals surface area contributed by atoms with E-state index in [1.54, 1.807) is 0 Å². The second-order valence-electron chi connectivity index (χ2n) is 5.32. The van der Waals surface area contributed by atoms with Crippen LogP contribution in [0.25, 0.3) is 22.4 Å². The van der Waals surface area contributed by atoms with Crippen LogP contribution in [0.5, 0.6) is 0 Å². The van der Waals surface area contributed by atoms with E-state index < -0.39 is 0 Å². The second kappa shape index (κ2) is 5.12. The molecule has 0 aliphatic carbocycles. The molecule has 0 unspecified atom stereocenters. The Morgan fingerprint density at radius 2 is 1.86 bits per heavy atom. The lowest BCUT2D eigenvalue weighted by atomic mass is 10.1. The molecule has 0 radical (unpaired) electrons. The van der Waals surface area contributed by atoms with E-state index in [2.05, 4.69) is 42.4 Å². The summed E-state index contributed by atoms with van der Waals surface area (Å²) in [6.45, 7) is 2.21. The summed E-state index contributed by atoms with van der Waals surface area (Å²) in [6, 6.07) is 8.02. The fraction of sp³-hybridized carbons (Fsp3) is 0.333. The van der Waals surface area contributed by atoms with Gasteiger partial charge in [-0.15, -0.1) is 5.10 Å². The van der Waals surface area contributed by atoms with Crippen LogP contribution in [0, 0.1) is 0 Å². The first-order valence-corrected chi connectivity index (χ1v) is 7.29. The van der Waals surface area contributed by atoms with Gasteiger partial charge in [-0.3, -0.25) is 0 Å². The molecular formula is C15H16N6. The van der Waals surface area contributed by atoms with Gasteiger partial charge in [0.05, 0.1) is 5.69 Å². The Kier molecular flexibility index (Phi) is 2.99. The molecule has 6 heteroatoms. The summed E-state index contributed by atoms with van der Waals surface area (Å²) in [7, 11) is 0. The lowest BCUT2D eigenvalue weighted by molar-refractivity contribution is 0.573. The molecule has 1 fully saturated rings. The quantitative estimate of drug-likeness (QED) is 0.780. The van der Waals surface area contributed by atoms with Crippen molar-refractivity contribution in [1.29, 1.82) is 0 Å². The standard InChI is InChI=1S/C15H16N6/c1-2-8-21(9-3-1)14-7-4-11(10-16-14)12-5-6-13-15(17-12)19-20-18-13/h4-7,10H,1-3,8-9H2,(H,17,18,19,20). The highest BCUT2D eigenvalue weighted by atomic mass is 15.3. The molecule has 0 bridgehead atoms. The summed E-state index contributed by atoms with van der Waals surface area (Å²) < 4.78 is 0. The van der Waals surface area contributed by atoms with E-state index in [4.69, 9.17) is 0 Å². The summed E-state index contributed by atoms with van der Waals surface area (Å²) in [5.74, 6) is 1.06. The molecule has 0 aromatic carbocycles. The average Bonchev–Trinajstić information content (AvgIpc) is 3.03. The topological polar surface area (TPSA) is 70.6 Å². The Bertz CT molecular complexity index is 742. The lowest BCUT2D eigenvalue weighted by Crippen LogP contribution is -2.29. The van der Waals surface area contributed by atoms with Crippen molar-refractivity contribution in [1.82, 2.24) is 25.4 Å². The van der Waals surface area contributed by atoms with E-state index >= 15 is 0 Å². The van der Waals surface area contributed by atoms with Crippen molar-refractivity contribution in [3.63, 3.8) is 0 Å². The van der Waals surface area contributed by atoms with Gasteiger partial charge in [0.2, 0.25) is 5.65 Å². The van der Waals surface area contributed by atoms with Crippen LogP contribution >= 0.6 is 0 Å². The second-order valence-corrected chi connectivity index (χ2v) is 5.32. The molecule has 1 aliphatic heterocycles. The zero-order chi connectivity index (χ0) is 14.1. The number of aromatic amines is 1. The minimum Gasteiger partial charge on any atom is -0.357 e. The van der Waals surface area contributed by atoms with E-state index in [1.807, 2.05) is 18.3 Å². The normalized spacial score (nSPS) is 15.5. The largest absolute Gasteiger partial charge is 0.357 e. The van der Waals surface area contributed by atoms with Gasteiger partial charge in [-0.1, -0.05) is 0 Å². The zero-order valence-electron chi connectivity index (χ0n) is 11.7. The molecule has 106 valence electrons. The van der Waals surface area contributed by atoms with Gasteiger partial charge in [0.15, 0.2) is 0 Å². The van der Waals surface area contributed by atoms with Crippen molar-refractivity contribution < 1.29 is 0 Å². The van der Waals surface area contributed by atoms with Gasteiger partial charge in [0.1, 0.15) is 11.3 Å². The molecule has 21 heavy (non-hydrogen) atoms. The van der Waals surface area contributed by atoms with Crippen molar-refractivity contribution in [3.8, 4) is 11.3 Å². The number of rotatable bonds is 2. The first-order valence-electron chi connectivity index (χ1n) is 7.29. The molecule has 6 nitrogen and oxygen atoms in total. The van der Waals surface area contributed by atoms with Gasteiger partial charge in [-0.2, -0.15) is 10.3 Å². The Morgan fingerprint density at radius 1 is 0.952 bits per heavy atom. The smallest absolute Gasteiger partial charge is 0.202 e. The van der Waals surface area contributed by atoms with Gasteiger partial charge >= 0.3 is 0 Å². The van der Waals surface area contributed by atoms with Crippen LogP contribution in [0.15, 0.2) is 30.5 Å². The Labute approximate surface area is 122 Å². The molecule has 4 rings (SSSR count). The number of anilines is 1. The number of piperidine rings is 1. The molecule has 0 spiro atoms. The first kappa shape index (κ1) is 12.3. The van der Waals surface area contributed by atoms with Crippen LogP contribution in [0.2, 0.25) is 0 Å². The van der Waals surface area contributed by atoms with Gasteiger partial charge < -0.3 is 4.90 Å². The highest BCUT2D eigenvalue weighted by Crippen LogP contribution is 2.22. The molecule has 0 saturated carbocycles. The monoisotopic (exact) mass is 280 g/mol. The van der Waals surface area contributed by atoms with Crippen LogP contribution in [0.3, 0.4) is 0 Å². The fourth-order valence-electron chi connectivity index (χ4n) is 2.75. The number of hydrogen-bond acceptors (Lipinski definition) is 5. The molecular weight excluding hydrogens is 264 g/mol. The minimum absolute atomic E-state index is 0.632. The summed E-state index contributed by atoms with van der Waals surface area (Å²) in [5.41, 5.74) is 3.28. The van der Waals surface area contributed by atoms with Gasteiger partial charge in [0.25, 0.3) is 0 Å². The Balaban J connectivity index is 1.62. The maximum atomic E-state index is 4.59. The van der Waals surface area contributed by atoms with Crippen molar-refractivity contribution in [3.05, 3.63) is 30.5 Å². The Morgan fingerprint density at radius 3 is 2.67 bits per heavy atom. The van der Waals surface area contributed by atoms with Crippen molar-refractivity contribution >= 4 is 17.0 Å². The maximum absolute atomic E-state index is 4.59. The third-order valence-corrected chi connectivity index (χ3v) is 3.90. The summed E-state index contributed by atoms with van der Waals surface area (Å²) in [5, 5.41) is 10.6. The summed E-state index contributed by atoms with van der Waals surface area (Å²) in [4.78, 5) is 11.4. The molecule has 3 aromatic heterocycles. The molecule has 3 aromatic rings. The SMILES string of the molecule is c1cc(N2CCCCC2)ncc1-c1ccc2n[nH]nc2n1. The first-order chi connectivity index (χ1) is 10.4. The van der Waals surface area contributed by atoms with E-state index in [-0.39, 0.29) is 0 Å². The minimum atomic E-state index is 0.632. The van der Waals surface area contributed by atoms with E-state index in [0.29, 0.717) is 5.65 Å². The average molecular weight is 280 g/mol. The summed E-state index contributed by atoms with van der Waals surface area (Å²) in [6.07, 6.45) is 5.73. The third-order valence-electron chi connectivity index (χ3n) is 3.90. The van der Waals surface area contributed by atoms with Crippen molar-refractivity contribution in [2.24, 2.45) is 0 Å². The van der Waals surface area contributed by atoms with Gasteiger partial charge in [-0.25, -0.2) is 9.97 Å².